The van der Waals surface area contributed by atoms with Gasteiger partial charge in [-0.1, -0.05) is 6.07 Å². The van der Waals surface area contributed by atoms with Crippen molar-refractivity contribution in [1.29, 1.82) is 0 Å². The minimum atomic E-state index is -2.37. The molecule has 0 radical (unpaired) electrons. The van der Waals surface area contributed by atoms with Crippen molar-refractivity contribution < 1.29 is 8.78 Å². The molecule has 0 saturated carbocycles. The van der Waals surface area contributed by atoms with Gasteiger partial charge in [-0.15, -0.1) is 11.6 Å². The van der Waals surface area contributed by atoms with Crippen molar-refractivity contribution in [2.24, 2.45) is 0 Å². The first-order valence-electron chi connectivity index (χ1n) is 4.24. The Balaban J connectivity index is 2.67. The zero-order valence-corrected chi connectivity index (χ0v) is 8.29. The lowest BCUT2D eigenvalue weighted by Crippen LogP contribution is -2.31. The van der Waals surface area contributed by atoms with Gasteiger partial charge in [-0.2, -0.15) is 0 Å². The van der Waals surface area contributed by atoms with Gasteiger partial charge in [-0.3, -0.25) is 0 Å². The fourth-order valence-electron chi connectivity index (χ4n) is 1.11. The summed E-state index contributed by atoms with van der Waals surface area (Å²) in [5, 5.41) is 0. The topological polar surface area (TPSA) is 16.1 Å². The first kappa shape index (κ1) is 11.2. The summed E-state index contributed by atoms with van der Waals surface area (Å²) in [7, 11) is 0. The molecule has 0 fully saturated rings. The normalized spacial score (nSPS) is 10.6. The zero-order valence-electron chi connectivity index (χ0n) is 7.54. The smallest absolute Gasteiger partial charge is 0.255 e. The van der Waals surface area contributed by atoms with Crippen LogP contribution >= 0.6 is 11.6 Å². The average molecular weight is 221 g/mol. The van der Waals surface area contributed by atoms with E-state index in [1.165, 1.54) is 4.90 Å². The van der Waals surface area contributed by atoms with Gasteiger partial charge in [0, 0.05) is 18.6 Å². The van der Waals surface area contributed by atoms with Crippen molar-refractivity contribution in [3.05, 3.63) is 24.4 Å². The number of hydrogen-bond acceptors (Lipinski definition) is 2. The number of rotatable bonds is 5. The standard InChI is InChI=1S/C9H11ClF2N2/c10-4-6-14(7-8(11)12)9-3-1-2-5-13-9/h1-3,5,8H,4,6-7H2. The largest absolute Gasteiger partial charge is 0.350 e. The SMILES string of the molecule is FC(F)CN(CCCl)c1ccccn1. The van der Waals surface area contributed by atoms with Gasteiger partial charge in [0.25, 0.3) is 6.43 Å². The van der Waals surface area contributed by atoms with Crippen molar-refractivity contribution in [2.75, 3.05) is 23.9 Å². The summed E-state index contributed by atoms with van der Waals surface area (Å²) in [4.78, 5) is 5.45. The van der Waals surface area contributed by atoms with Crippen molar-refractivity contribution in [1.82, 2.24) is 4.98 Å². The maximum absolute atomic E-state index is 12.2. The molecular formula is C9H11ClF2N2. The highest BCUT2D eigenvalue weighted by Crippen LogP contribution is 2.11. The van der Waals surface area contributed by atoms with Gasteiger partial charge in [0.2, 0.25) is 0 Å². The Hall–Kier alpha value is -0.900. The van der Waals surface area contributed by atoms with E-state index in [1.54, 1.807) is 24.4 Å². The van der Waals surface area contributed by atoms with E-state index in [0.29, 0.717) is 18.2 Å². The molecule has 5 heteroatoms. The lowest BCUT2D eigenvalue weighted by molar-refractivity contribution is 0.155. The van der Waals surface area contributed by atoms with E-state index in [4.69, 9.17) is 11.6 Å². The van der Waals surface area contributed by atoms with Crippen LogP contribution in [0.5, 0.6) is 0 Å². The van der Waals surface area contributed by atoms with Crippen molar-refractivity contribution in [3.63, 3.8) is 0 Å². The number of aromatic nitrogens is 1. The van der Waals surface area contributed by atoms with E-state index in [0.717, 1.165) is 0 Å². The number of halogens is 3. The molecule has 0 spiro atoms. The van der Waals surface area contributed by atoms with Crippen LogP contribution in [0.4, 0.5) is 14.6 Å². The van der Waals surface area contributed by atoms with E-state index < -0.39 is 6.43 Å². The number of pyridine rings is 1. The van der Waals surface area contributed by atoms with Crippen molar-refractivity contribution in [2.45, 2.75) is 6.43 Å². The number of anilines is 1. The molecule has 0 amide bonds. The monoisotopic (exact) mass is 220 g/mol. The van der Waals surface area contributed by atoms with E-state index in [2.05, 4.69) is 4.98 Å². The van der Waals surface area contributed by atoms with Gasteiger partial charge in [0.1, 0.15) is 5.82 Å². The van der Waals surface area contributed by atoms with Gasteiger partial charge < -0.3 is 4.90 Å². The fourth-order valence-corrected chi connectivity index (χ4v) is 1.31. The molecule has 0 aromatic carbocycles. The van der Waals surface area contributed by atoms with Gasteiger partial charge in [-0.25, -0.2) is 13.8 Å². The Morgan fingerprint density at radius 3 is 2.71 bits per heavy atom. The Morgan fingerprint density at radius 1 is 1.43 bits per heavy atom. The first-order chi connectivity index (χ1) is 6.74. The molecule has 0 aliphatic carbocycles. The van der Waals surface area contributed by atoms with Crippen LogP contribution in [0.15, 0.2) is 24.4 Å². The Bertz CT molecular complexity index is 256. The Labute approximate surface area is 86.5 Å². The summed E-state index contributed by atoms with van der Waals surface area (Å²) >= 11 is 5.52. The van der Waals surface area contributed by atoms with Crippen LogP contribution in [0.3, 0.4) is 0 Å². The summed E-state index contributed by atoms with van der Waals surface area (Å²) < 4.78 is 24.4. The minimum absolute atomic E-state index is 0.309. The molecule has 1 heterocycles. The first-order valence-corrected chi connectivity index (χ1v) is 4.77. The Kier molecular flexibility index (Phi) is 4.59. The molecule has 0 aliphatic heterocycles. The van der Waals surface area contributed by atoms with Crippen molar-refractivity contribution >= 4 is 17.4 Å². The van der Waals surface area contributed by atoms with Crippen molar-refractivity contribution in [3.8, 4) is 0 Å². The zero-order chi connectivity index (χ0) is 10.4. The molecule has 2 nitrogen and oxygen atoms in total. The second kappa shape index (κ2) is 5.75. The number of hydrogen-bond donors (Lipinski definition) is 0. The van der Waals surface area contributed by atoms with E-state index in [9.17, 15) is 8.78 Å². The summed E-state index contributed by atoms with van der Waals surface area (Å²) in [6.45, 7) is 0.0483. The van der Waals surface area contributed by atoms with E-state index in [-0.39, 0.29) is 6.54 Å². The predicted molar refractivity (Wildman–Crippen MR) is 53.2 cm³/mol. The molecule has 78 valence electrons. The highest BCUT2D eigenvalue weighted by atomic mass is 35.5. The predicted octanol–water partition coefficient (Wildman–Crippen LogP) is 2.39. The molecule has 0 bridgehead atoms. The third-order valence-corrected chi connectivity index (χ3v) is 1.86. The minimum Gasteiger partial charge on any atom is -0.350 e. The molecule has 1 rings (SSSR count). The highest BCUT2D eigenvalue weighted by Gasteiger charge is 2.12. The van der Waals surface area contributed by atoms with Crippen LogP contribution in [0, 0.1) is 0 Å². The summed E-state index contributed by atoms with van der Waals surface area (Å²) in [6, 6.07) is 5.19. The lowest BCUT2D eigenvalue weighted by Gasteiger charge is -2.21. The molecule has 0 unspecified atom stereocenters. The van der Waals surface area contributed by atoms with Crippen LogP contribution in [0.25, 0.3) is 0 Å². The third kappa shape index (κ3) is 3.46. The molecule has 0 aliphatic rings. The molecule has 1 aromatic heterocycles. The maximum Gasteiger partial charge on any atom is 0.255 e. The molecule has 1 aromatic rings. The van der Waals surface area contributed by atoms with Crippen LogP contribution in [-0.2, 0) is 0 Å². The number of nitrogens with zero attached hydrogens (tertiary/aromatic N) is 2. The van der Waals surface area contributed by atoms with Gasteiger partial charge in [0.15, 0.2) is 0 Å². The molecule has 14 heavy (non-hydrogen) atoms. The van der Waals surface area contributed by atoms with E-state index in [1.807, 2.05) is 0 Å². The average Bonchev–Trinajstić information content (AvgIpc) is 2.18. The van der Waals surface area contributed by atoms with Gasteiger partial charge in [-0.05, 0) is 12.1 Å². The maximum atomic E-state index is 12.2. The van der Waals surface area contributed by atoms with Crippen LogP contribution in [0.1, 0.15) is 0 Å². The molecule has 0 saturated heterocycles. The van der Waals surface area contributed by atoms with Crippen LogP contribution in [0.2, 0.25) is 0 Å². The quantitative estimate of drug-likeness (QED) is 0.709. The highest BCUT2D eigenvalue weighted by molar-refractivity contribution is 6.18. The third-order valence-electron chi connectivity index (χ3n) is 1.69. The summed E-state index contributed by atoms with van der Waals surface area (Å²) in [5.74, 6) is 0.844. The summed E-state index contributed by atoms with van der Waals surface area (Å²) in [6.07, 6.45) is -0.803. The fraction of sp³-hybridized carbons (Fsp3) is 0.444. The lowest BCUT2D eigenvalue weighted by atomic mass is 10.4. The second-order valence-corrected chi connectivity index (χ2v) is 3.09. The molecule has 0 N–H and O–H groups in total. The summed E-state index contributed by atoms with van der Waals surface area (Å²) in [5.41, 5.74) is 0. The van der Waals surface area contributed by atoms with Gasteiger partial charge in [0.05, 0.1) is 6.54 Å². The Morgan fingerprint density at radius 2 is 2.21 bits per heavy atom. The van der Waals surface area contributed by atoms with Crippen LogP contribution < -0.4 is 4.90 Å². The molecule has 0 atom stereocenters. The molecular weight excluding hydrogens is 210 g/mol. The van der Waals surface area contributed by atoms with Gasteiger partial charge >= 0.3 is 0 Å². The number of alkyl halides is 3. The second-order valence-electron chi connectivity index (χ2n) is 2.71. The van der Waals surface area contributed by atoms with E-state index >= 15 is 0 Å². The van der Waals surface area contributed by atoms with Crippen LogP contribution in [-0.4, -0.2) is 30.4 Å².